The lowest BCUT2D eigenvalue weighted by Gasteiger charge is -2.32. The summed E-state index contributed by atoms with van der Waals surface area (Å²) in [5.41, 5.74) is 32.9. The molecule has 0 spiro atoms. The van der Waals surface area contributed by atoms with Gasteiger partial charge in [-0.05, 0) is 193 Å². The minimum absolute atomic E-state index is 0.695. The van der Waals surface area contributed by atoms with E-state index in [-0.39, 0.29) is 0 Å². The maximum Gasteiger partial charge on any atom is 0.160 e. The van der Waals surface area contributed by atoms with Gasteiger partial charge in [-0.25, -0.2) is 24.9 Å². The molecule has 0 bridgehead atoms. The number of benzene rings is 19. The van der Waals surface area contributed by atoms with Gasteiger partial charge in [0.05, 0.1) is 85.4 Å². The summed E-state index contributed by atoms with van der Waals surface area (Å²) in [7, 11) is 0. The first kappa shape index (κ1) is 88.7. The molecular formula is C132H90N10O4. The predicted molar refractivity (Wildman–Crippen MR) is 591 cm³/mol. The zero-order chi connectivity index (χ0) is 97.3. The summed E-state index contributed by atoms with van der Waals surface area (Å²) in [6, 6.07) is 184. The fourth-order valence-electron chi connectivity index (χ4n) is 18.8. The lowest BCUT2D eigenvalue weighted by atomic mass is 10.0. The highest BCUT2D eigenvalue weighted by molar-refractivity contribution is 5.93. The van der Waals surface area contributed by atoms with Crippen LogP contribution in [-0.4, -0.2) is 29.9 Å². The number of hydrogen-bond acceptors (Lipinski definition) is 14. The minimum atomic E-state index is 0.695. The van der Waals surface area contributed by atoms with Gasteiger partial charge in [-0.2, -0.15) is 0 Å². The molecule has 4 aliphatic heterocycles. The Hall–Kier alpha value is -20.0. The number of aromatic nitrogens is 6. The van der Waals surface area contributed by atoms with Crippen LogP contribution in [0, 0.1) is 0 Å². The van der Waals surface area contributed by atoms with E-state index >= 15 is 0 Å². The molecule has 0 fully saturated rings. The lowest BCUT2D eigenvalue weighted by molar-refractivity contribution is 0.477. The van der Waals surface area contributed by atoms with Crippen LogP contribution in [0.25, 0.3) is 124 Å². The van der Waals surface area contributed by atoms with Crippen molar-refractivity contribution in [1.82, 2.24) is 29.9 Å². The fourth-order valence-corrected chi connectivity index (χ4v) is 18.8. The molecule has 0 aliphatic carbocycles. The molecule has 27 rings (SSSR count). The van der Waals surface area contributed by atoms with Gasteiger partial charge in [0, 0.05) is 84.6 Å². The van der Waals surface area contributed by atoms with E-state index in [1.165, 1.54) is 11.1 Å². The molecule has 14 nitrogen and oxygen atoms in total. The molecular weight excluding hydrogens is 1790 g/mol. The van der Waals surface area contributed by atoms with Crippen LogP contribution in [0.15, 0.2) is 546 Å². The Morgan fingerprint density at radius 3 is 0.596 bits per heavy atom. The number of para-hydroxylation sites is 16. The van der Waals surface area contributed by atoms with Crippen molar-refractivity contribution in [3.05, 3.63) is 546 Å². The number of nitrogens with zero attached hydrogens (tertiary/aromatic N) is 10. The van der Waals surface area contributed by atoms with Gasteiger partial charge in [-0.1, -0.05) is 364 Å². The standard InChI is InChI=1S/C40H27N3O.C34H23N3O.2C29H20N2O/c1-3-11-28(12-4-1)29-19-21-32(22-20-29)40-41-34(30-13-5-2-6-14-30)27-35(42-40)31-23-25-33(26-24-31)43-36-15-7-9-17-38(36)44-39-18-10-8-16-37(39)43;1-3-11-24(12-4-1)28-23-29(36-34(35-28)26-13-5-2-6-14-26)25-19-21-27(22-20-25)37-30-15-7-9-17-32(30)38-33-18-10-8-16-31(33)37;1-2-9-21(10-3-1)24-11-8-12-25(30-24)22-17-19-23(20-18-22)31-26-13-4-6-15-28(26)32-29-16-7-5-14-27(29)31;1-2-8-21(9-3-1)23-16-19-25(30-20-23)22-14-17-24(18-15-22)31-26-10-4-6-12-28(26)32-29-13-7-5-11-27(29)31/h1-27H;1-23H;2*1-20H. The van der Waals surface area contributed by atoms with Gasteiger partial charge in [0.25, 0.3) is 0 Å². The van der Waals surface area contributed by atoms with Gasteiger partial charge in [0.1, 0.15) is 0 Å². The van der Waals surface area contributed by atoms with Crippen molar-refractivity contribution >= 4 is 68.2 Å². The van der Waals surface area contributed by atoms with Crippen molar-refractivity contribution in [1.29, 1.82) is 0 Å². The summed E-state index contributed by atoms with van der Waals surface area (Å²) in [6.45, 7) is 0. The summed E-state index contributed by atoms with van der Waals surface area (Å²) in [4.78, 5) is 38.5. The zero-order valence-corrected chi connectivity index (χ0v) is 79.1. The molecule has 692 valence electrons. The van der Waals surface area contributed by atoms with Crippen LogP contribution in [0.5, 0.6) is 46.0 Å². The molecule has 19 aromatic carbocycles. The Labute approximate surface area is 846 Å². The number of fused-ring (bicyclic) bond motifs is 8. The average Bonchev–Trinajstić information content (AvgIpc) is 0.770. The van der Waals surface area contributed by atoms with Crippen molar-refractivity contribution in [3.8, 4) is 170 Å². The molecule has 0 saturated carbocycles. The van der Waals surface area contributed by atoms with Gasteiger partial charge in [0.2, 0.25) is 0 Å². The van der Waals surface area contributed by atoms with Crippen molar-refractivity contribution in [2.45, 2.75) is 0 Å². The maximum absolute atomic E-state index is 6.21. The van der Waals surface area contributed by atoms with E-state index in [2.05, 4.69) is 305 Å². The highest BCUT2D eigenvalue weighted by Gasteiger charge is 2.31. The van der Waals surface area contributed by atoms with E-state index in [0.717, 1.165) is 215 Å². The van der Waals surface area contributed by atoms with Crippen LogP contribution >= 0.6 is 0 Å². The topological polar surface area (TPSA) is 127 Å². The Bertz CT molecular complexity index is 8340. The molecule has 23 aromatic rings. The zero-order valence-electron chi connectivity index (χ0n) is 79.1. The maximum atomic E-state index is 6.21. The fraction of sp³-hybridized carbons (Fsp3) is 0. The van der Waals surface area contributed by atoms with Crippen LogP contribution in [0.4, 0.5) is 68.2 Å². The van der Waals surface area contributed by atoms with Crippen LogP contribution in [0.1, 0.15) is 0 Å². The van der Waals surface area contributed by atoms with E-state index in [1.54, 1.807) is 0 Å². The Morgan fingerprint density at radius 2 is 0.322 bits per heavy atom. The third-order valence-electron chi connectivity index (χ3n) is 26.0. The first-order valence-corrected chi connectivity index (χ1v) is 48.6. The van der Waals surface area contributed by atoms with Crippen molar-refractivity contribution in [2.75, 3.05) is 19.6 Å². The Balaban J connectivity index is 0.000000105. The smallest absolute Gasteiger partial charge is 0.160 e. The molecule has 8 heterocycles. The van der Waals surface area contributed by atoms with E-state index in [1.807, 2.05) is 261 Å². The third-order valence-corrected chi connectivity index (χ3v) is 26.0. The number of pyridine rings is 2. The highest BCUT2D eigenvalue weighted by atomic mass is 16.5. The van der Waals surface area contributed by atoms with Crippen LogP contribution in [0.2, 0.25) is 0 Å². The van der Waals surface area contributed by atoms with Crippen LogP contribution in [-0.2, 0) is 0 Å². The molecule has 14 heteroatoms. The molecule has 0 radical (unpaired) electrons. The summed E-state index contributed by atoms with van der Waals surface area (Å²) in [5.74, 6) is 8.17. The molecule has 0 N–H and O–H groups in total. The first-order chi connectivity index (χ1) is 72.4. The SMILES string of the molecule is c1ccc(-c2cc(-c3ccc(N4c5ccccc5Oc5ccccc54)cc3)nc(-c3ccccc3)n2)cc1.c1ccc(-c2ccc(-c3ccc(N4c5ccccc5Oc5ccccc54)cc3)nc2)cc1.c1ccc(-c2ccc(-c3nc(-c4ccccc4)cc(-c4ccc(N5c6ccccc6Oc6ccccc65)cc4)n3)cc2)cc1.c1ccc(-c2cccc(-c3ccc(N4c5ccccc5Oc5ccccc54)cc3)n2)cc1. The second kappa shape index (κ2) is 40.5. The average molecular weight is 1880 g/mol. The molecule has 4 aromatic heterocycles. The van der Waals surface area contributed by atoms with Crippen molar-refractivity contribution in [3.63, 3.8) is 0 Å². The molecule has 0 saturated heterocycles. The van der Waals surface area contributed by atoms with Gasteiger partial charge >= 0.3 is 0 Å². The summed E-state index contributed by atoms with van der Waals surface area (Å²) < 4.78 is 24.6. The van der Waals surface area contributed by atoms with E-state index in [4.69, 9.17) is 48.9 Å². The summed E-state index contributed by atoms with van der Waals surface area (Å²) >= 11 is 0. The van der Waals surface area contributed by atoms with Crippen molar-refractivity contribution in [2.24, 2.45) is 0 Å². The first-order valence-electron chi connectivity index (χ1n) is 48.6. The van der Waals surface area contributed by atoms with Gasteiger partial charge in [0.15, 0.2) is 57.6 Å². The van der Waals surface area contributed by atoms with E-state index < -0.39 is 0 Å². The monoisotopic (exact) mass is 1880 g/mol. The summed E-state index contributed by atoms with van der Waals surface area (Å²) in [6.07, 6.45) is 1.94. The molecule has 146 heavy (non-hydrogen) atoms. The van der Waals surface area contributed by atoms with Crippen LogP contribution < -0.4 is 38.5 Å². The molecule has 0 unspecified atom stereocenters. The molecule has 4 aliphatic rings. The minimum Gasteiger partial charge on any atom is -0.453 e. The van der Waals surface area contributed by atoms with E-state index in [9.17, 15) is 0 Å². The number of rotatable bonds is 15. The van der Waals surface area contributed by atoms with Crippen molar-refractivity contribution < 1.29 is 18.9 Å². The second-order valence-corrected chi connectivity index (χ2v) is 35.2. The largest absolute Gasteiger partial charge is 0.453 e. The number of anilines is 12. The third kappa shape index (κ3) is 18.6. The van der Waals surface area contributed by atoms with Crippen LogP contribution in [0.3, 0.4) is 0 Å². The predicted octanol–water partition coefficient (Wildman–Crippen LogP) is 35.8. The second-order valence-electron chi connectivity index (χ2n) is 35.2. The number of hydrogen-bond donors (Lipinski definition) is 0. The molecule has 0 amide bonds. The quantitative estimate of drug-likeness (QED) is 0.0966. The number of ether oxygens (including phenoxy) is 4. The van der Waals surface area contributed by atoms with E-state index in [0.29, 0.717) is 11.6 Å². The van der Waals surface area contributed by atoms with Gasteiger partial charge in [-0.15, -0.1) is 0 Å². The van der Waals surface area contributed by atoms with Gasteiger partial charge < -0.3 is 38.5 Å². The highest BCUT2D eigenvalue weighted by Crippen LogP contribution is 2.56. The van der Waals surface area contributed by atoms with Gasteiger partial charge in [-0.3, -0.25) is 4.98 Å². The molecule has 0 atom stereocenters. The Morgan fingerprint density at radius 1 is 0.130 bits per heavy atom. The normalized spacial score (nSPS) is 11.9. The lowest BCUT2D eigenvalue weighted by Crippen LogP contribution is -2.15. The Kier molecular flexibility index (Phi) is 24.6. The summed E-state index contributed by atoms with van der Waals surface area (Å²) in [5, 5.41) is 0.